The first kappa shape index (κ1) is 24.1. The van der Waals surface area contributed by atoms with Crippen molar-refractivity contribution in [3.05, 3.63) is 83.9 Å². The molecule has 3 aromatic carbocycles. The van der Waals surface area contributed by atoms with Gasteiger partial charge in [0.1, 0.15) is 5.75 Å². The topological polar surface area (TPSA) is 112 Å². The summed E-state index contributed by atoms with van der Waals surface area (Å²) in [5.41, 5.74) is 3.45. The minimum atomic E-state index is -0.636. The molecule has 2 N–H and O–H groups in total. The molecular weight excluding hydrogens is 475 g/mol. The van der Waals surface area contributed by atoms with Gasteiger partial charge in [-0.25, -0.2) is 14.2 Å². The molecule has 1 fully saturated rings. The van der Waals surface area contributed by atoms with E-state index in [0.29, 0.717) is 47.8 Å². The number of ether oxygens (including phenoxy) is 2. The summed E-state index contributed by atoms with van der Waals surface area (Å²) in [5.74, 6) is -0.207. The van der Waals surface area contributed by atoms with Crippen molar-refractivity contribution in [3.63, 3.8) is 0 Å². The molecule has 4 aromatic rings. The second-order valence-corrected chi connectivity index (χ2v) is 8.42. The summed E-state index contributed by atoms with van der Waals surface area (Å²) in [7, 11) is 0. The van der Waals surface area contributed by atoms with Gasteiger partial charge in [0.2, 0.25) is 0 Å². The van der Waals surface area contributed by atoms with Crippen molar-refractivity contribution < 1.29 is 18.7 Å². The molecule has 0 spiro atoms. The summed E-state index contributed by atoms with van der Waals surface area (Å²) in [4.78, 5) is 23.7. The molecule has 0 radical (unpaired) electrons. The van der Waals surface area contributed by atoms with Crippen LogP contribution in [0.3, 0.4) is 0 Å². The summed E-state index contributed by atoms with van der Waals surface area (Å²) in [6, 6.07) is 17.2. The van der Waals surface area contributed by atoms with Crippen LogP contribution >= 0.6 is 0 Å². The highest BCUT2D eigenvalue weighted by Crippen LogP contribution is 2.28. The Bertz CT molecular complexity index is 1470. The average molecular weight is 499 g/mol. The van der Waals surface area contributed by atoms with Crippen LogP contribution in [0.4, 0.5) is 20.6 Å². The van der Waals surface area contributed by atoms with E-state index in [0.717, 1.165) is 18.8 Å². The zero-order chi connectivity index (χ0) is 25.6. The molecular formula is C27H23FN6O3. The highest BCUT2D eigenvalue weighted by Gasteiger charge is 2.13. The van der Waals surface area contributed by atoms with Gasteiger partial charge in [-0.3, -0.25) is 9.88 Å². The van der Waals surface area contributed by atoms with E-state index in [4.69, 9.17) is 19.7 Å². The van der Waals surface area contributed by atoms with Gasteiger partial charge in [-0.1, -0.05) is 0 Å². The number of nitriles is 1. The molecule has 1 saturated heterocycles. The maximum Gasteiger partial charge on any atom is 0.323 e. The number of aromatic nitrogens is 2. The molecule has 1 aliphatic rings. The lowest BCUT2D eigenvalue weighted by molar-refractivity contribution is 0.0336. The monoisotopic (exact) mass is 498 g/mol. The number of carbonyl (C=O) groups excluding carboxylic acids is 1. The number of hydrogen-bond acceptors (Lipinski definition) is 7. The van der Waals surface area contributed by atoms with Gasteiger partial charge in [-0.05, 0) is 48.5 Å². The number of halogens is 1. The lowest BCUT2D eigenvalue weighted by Gasteiger charge is -2.26. The Balaban J connectivity index is 1.24. The first-order valence-corrected chi connectivity index (χ1v) is 11.7. The molecule has 10 heteroatoms. The largest absolute Gasteiger partial charge is 0.454 e. The summed E-state index contributed by atoms with van der Waals surface area (Å²) in [6.45, 7) is 3.80. The zero-order valence-corrected chi connectivity index (χ0v) is 19.8. The van der Waals surface area contributed by atoms with Gasteiger partial charge in [0.05, 0.1) is 47.8 Å². The van der Waals surface area contributed by atoms with Crippen LogP contribution in [0.25, 0.3) is 11.0 Å². The number of benzene rings is 3. The van der Waals surface area contributed by atoms with Gasteiger partial charge in [0.15, 0.2) is 11.6 Å². The van der Waals surface area contributed by atoms with E-state index < -0.39 is 11.8 Å². The number of nitrogens with one attached hydrogen (secondary N) is 2. The number of rotatable bonds is 6. The van der Waals surface area contributed by atoms with E-state index in [1.165, 1.54) is 18.2 Å². The third kappa shape index (κ3) is 6.16. The number of fused-ring (bicyclic) bond motifs is 1. The molecule has 186 valence electrons. The van der Waals surface area contributed by atoms with Crippen LogP contribution in [0.5, 0.6) is 11.5 Å². The third-order valence-electron chi connectivity index (χ3n) is 5.74. The molecule has 0 aliphatic carbocycles. The fourth-order valence-electron chi connectivity index (χ4n) is 3.87. The van der Waals surface area contributed by atoms with Crippen LogP contribution in [0.2, 0.25) is 0 Å². The molecule has 1 aromatic heterocycles. The van der Waals surface area contributed by atoms with Gasteiger partial charge in [0, 0.05) is 43.1 Å². The zero-order valence-electron chi connectivity index (χ0n) is 19.8. The van der Waals surface area contributed by atoms with Crippen LogP contribution in [-0.4, -0.2) is 47.2 Å². The highest BCUT2D eigenvalue weighted by molar-refractivity contribution is 5.99. The average Bonchev–Trinajstić information content (AvgIpc) is 2.91. The molecule has 0 saturated carbocycles. The van der Waals surface area contributed by atoms with Crippen LogP contribution < -0.4 is 15.4 Å². The Labute approximate surface area is 212 Å². The summed E-state index contributed by atoms with van der Waals surface area (Å²) in [6.07, 6.45) is 1.77. The van der Waals surface area contributed by atoms with Gasteiger partial charge >= 0.3 is 6.03 Å². The number of amides is 2. The minimum absolute atomic E-state index is 0.00910. The van der Waals surface area contributed by atoms with E-state index in [1.807, 2.05) is 6.07 Å². The van der Waals surface area contributed by atoms with E-state index in [9.17, 15) is 9.18 Å². The fourth-order valence-corrected chi connectivity index (χ4v) is 3.87. The maximum absolute atomic E-state index is 14.8. The normalized spacial score (nSPS) is 13.6. The van der Waals surface area contributed by atoms with Crippen molar-refractivity contribution in [2.75, 3.05) is 36.9 Å². The Hall–Kier alpha value is -4.59. The second-order valence-electron chi connectivity index (χ2n) is 8.42. The number of anilines is 2. The Kier molecular flexibility index (Phi) is 7.16. The number of morpholine rings is 1. The van der Waals surface area contributed by atoms with Crippen molar-refractivity contribution in [2.45, 2.75) is 6.54 Å². The Morgan fingerprint density at radius 2 is 1.78 bits per heavy atom. The standard InChI is InChI=1S/C27H23FN6O3/c28-23-13-20(33-27(35)32-19-3-1-18(15-29)2-4-19)5-8-26(23)37-22-6-7-24-25(14-22)31-21(16-30-24)17-34-9-11-36-12-10-34/h1-8,13-14,16H,9-12,17H2,(H2,32,33,35). The summed E-state index contributed by atoms with van der Waals surface area (Å²) >= 11 is 0. The molecule has 5 rings (SSSR count). The smallest absolute Gasteiger partial charge is 0.323 e. The van der Waals surface area contributed by atoms with Crippen molar-refractivity contribution in [1.29, 1.82) is 5.26 Å². The molecule has 37 heavy (non-hydrogen) atoms. The quantitative estimate of drug-likeness (QED) is 0.388. The second kappa shape index (κ2) is 11.0. The molecule has 2 heterocycles. The van der Waals surface area contributed by atoms with Gasteiger partial charge in [-0.15, -0.1) is 0 Å². The number of carbonyl (C=O) groups is 1. The van der Waals surface area contributed by atoms with Crippen LogP contribution in [-0.2, 0) is 11.3 Å². The lowest BCUT2D eigenvalue weighted by Crippen LogP contribution is -2.35. The Morgan fingerprint density at radius 3 is 2.54 bits per heavy atom. The molecule has 0 unspecified atom stereocenters. The van der Waals surface area contributed by atoms with Crippen LogP contribution in [0, 0.1) is 17.1 Å². The number of urea groups is 1. The predicted octanol–water partition coefficient (Wildman–Crippen LogP) is 4.91. The summed E-state index contributed by atoms with van der Waals surface area (Å²) in [5, 5.41) is 14.1. The van der Waals surface area contributed by atoms with Gasteiger partial charge < -0.3 is 20.1 Å². The third-order valence-corrected chi connectivity index (χ3v) is 5.74. The predicted molar refractivity (Wildman–Crippen MR) is 136 cm³/mol. The number of nitrogens with zero attached hydrogens (tertiary/aromatic N) is 4. The fraction of sp³-hybridized carbons (Fsp3) is 0.185. The minimum Gasteiger partial charge on any atom is -0.454 e. The van der Waals surface area contributed by atoms with Gasteiger partial charge in [0.25, 0.3) is 0 Å². The number of hydrogen-bond donors (Lipinski definition) is 2. The van der Waals surface area contributed by atoms with Crippen molar-refractivity contribution in [1.82, 2.24) is 14.9 Å². The van der Waals surface area contributed by atoms with Crippen molar-refractivity contribution in [3.8, 4) is 17.6 Å². The maximum atomic E-state index is 14.8. The Morgan fingerprint density at radius 1 is 1.03 bits per heavy atom. The molecule has 0 bridgehead atoms. The highest BCUT2D eigenvalue weighted by atomic mass is 19.1. The molecule has 1 aliphatic heterocycles. The molecule has 2 amide bonds. The van der Waals surface area contributed by atoms with Gasteiger partial charge in [-0.2, -0.15) is 5.26 Å². The first-order chi connectivity index (χ1) is 18.1. The lowest BCUT2D eigenvalue weighted by atomic mass is 10.2. The van der Waals surface area contributed by atoms with Crippen LogP contribution in [0.1, 0.15) is 11.3 Å². The summed E-state index contributed by atoms with van der Waals surface area (Å²) < 4.78 is 25.9. The van der Waals surface area contributed by atoms with Crippen LogP contribution in [0.15, 0.2) is 66.9 Å². The molecule has 9 nitrogen and oxygen atoms in total. The van der Waals surface area contributed by atoms with E-state index >= 15 is 0 Å². The van der Waals surface area contributed by atoms with E-state index in [1.54, 1.807) is 48.7 Å². The van der Waals surface area contributed by atoms with Crippen molar-refractivity contribution in [2.24, 2.45) is 0 Å². The van der Waals surface area contributed by atoms with E-state index in [-0.39, 0.29) is 11.4 Å². The van der Waals surface area contributed by atoms with Crippen molar-refractivity contribution >= 4 is 28.4 Å². The first-order valence-electron chi connectivity index (χ1n) is 11.7. The SMILES string of the molecule is N#Cc1ccc(NC(=O)Nc2ccc(Oc3ccc4ncc(CN5CCOCC5)nc4c3)c(F)c2)cc1. The van der Waals surface area contributed by atoms with E-state index in [2.05, 4.69) is 20.5 Å². The molecule has 0 atom stereocenters.